The summed E-state index contributed by atoms with van der Waals surface area (Å²) < 4.78 is 18.7. The van der Waals surface area contributed by atoms with Gasteiger partial charge in [-0.25, -0.2) is 4.39 Å². The van der Waals surface area contributed by atoms with E-state index in [-0.39, 0.29) is 11.8 Å². The molecule has 1 aliphatic rings. The minimum atomic E-state index is -0.883. The molecular weight excluding hydrogens is 257 g/mol. The first-order valence-electron chi connectivity index (χ1n) is 7.15. The topological polar surface area (TPSA) is 38.3 Å². The Bertz CT molecular complexity index is 471. The lowest BCUT2D eigenvalue weighted by atomic mass is 9.91. The molecule has 1 aromatic carbocycles. The fourth-order valence-electron chi connectivity index (χ4n) is 2.95. The van der Waals surface area contributed by atoms with Crippen LogP contribution in [0.3, 0.4) is 0 Å². The van der Waals surface area contributed by atoms with E-state index in [0.29, 0.717) is 18.0 Å². The summed E-state index contributed by atoms with van der Waals surface area (Å²) in [5.41, 5.74) is -0.350. The number of rotatable bonds is 5. The van der Waals surface area contributed by atoms with E-state index in [9.17, 15) is 9.18 Å². The Morgan fingerprint density at radius 3 is 2.65 bits per heavy atom. The smallest absolute Gasteiger partial charge is 0.326 e. The number of hydrogen-bond acceptors (Lipinski definition) is 3. The number of hydrogen-bond donors (Lipinski definition) is 1. The summed E-state index contributed by atoms with van der Waals surface area (Å²) in [6.45, 7) is 1.80. The summed E-state index contributed by atoms with van der Waals surface area (Å²) in [4.78, 5) is 12.1. The van der Waals surface area contributed by atoms with Crippen molar-refractivity contribution >= 4 is 5.97 Å². The molecule has 2 rings (SSSR count). The SMILES string of the molecule is COC(=O)C(C)(Cc1ccccc1F)NC1CCCC1. The van der Waals surface area contributed by atoms with Gasteiger partial charge in [0.2, 0.25) is 0 Å². The van der Waals surface area contributed by atoms with Gasteiger partial charge in [0, 0.05) is 12.5 Å². The molecule has 1 atom stereocenters. The molecule has 0 amide bonds. The average molecular weight is 279 g/mol. The van der Waals surface area contributed by atoms with Crippen LogP contribution in [0.15, 0.2) is 24.3 Å². The van der Waals surface area contributed by atoms with Crippen LogP contribution in [0.5, 0.6) is 0 Å². The van der Waals surface area contributed by atoms with Crippen molar-refractivity contribution in [3.63, 3.8) is 0 Å². The molecule has 0 bridgehead atoms. The second-order valence-electron chi connectivity index (χ2n) is 5.72. The number of halogens is 1. The Morgan fingerprint density at radius 2 is 2.05 bits per heavy atom. The Morgan fingerprint density at radius 1 is 1.40 bits per heavy atom. The second kappa shape index (κ2) is 6.35. The number of ether oxygens (including phenoxy) is 1. The van der Waals surface area contributed by atoms with Gasteiger partial charge in [-0.15, -0.1) is 0 Å². The molecule has 1 unspecified atom stereocenters. The van der Waals surface area contributed by atoms with Gasteiger partial charge in [0.25, 0.3) is 0 Å². The van der Waals surface area contributed by atoms with Crippen molar-refractivity contribution in [1.29, 1.82) is 0 Å². The van der Waals surface area contributed by atoms with Crippen LogP contribution in [-0.2, 0) is 16.0 Å². The van der Waals surface area contributed by atoms with Crippen molar-refractivity contribution in [2.75, 3.05) is 7.11 Å². The third-order valence-corrected chi connectivity index (χ3v) is 4.02. The number of carbonyl (C=O) groups excluding carboxylic acids is 1. The molecule has 1 aromatic rings. The molecule has 110 valence electrons. The van der Waals surface area contributed by atoms with Gasteiger partial charge >= 0.3 is 5.97 Å². The molecule has 4 heteroatoms. The van der Waals surface area contributed by atoms with E-state index in [1.807, 2.05) is 0 Å². The third kappa shape index (κ3) is 3.37. The summed E-state index contributed by atoms with van der Waals surface area (Å²) in [7, 11) is 1.37. The molecule has 0 aromatic heterocycles. The lowest BCUT2D eigenvalue weighted by molar-refractivity contribution is -0.148. The first-order valence-corrected chi connectivity index (χ1v) is 7.15. The summed E-state index contributed by atoms with van der Waals surface area (Å²) in [5.74, 6) is -0.622. The van der Waals surface area contributed by atoms with Gasteiger partial charge in [0.1, 0.15) is 11.4 Å². The maximum absolute atomic E-state index is 13.8. The quantitative estimate of drug-likeness (QED) is 0.842. The molecule has 0 spiro atoms. The highest BCUT2D eigenvalue weighted by Crippen LogP contribution is 2.24. The highest BCUT2D eigenvalue weighted by atomic mass is 19.1. The van der Waals surface area contributed by atoms with Crippen LogP contribution < -0.4 is 5.32 Å². The van der Waals surface area contributed by atoms with Crippen LogP contribution in [0, 0.1) is 5.82 Å². The van der Waals surface area contributed by atoms with Gasteiger partial charge < -0.3 is 4.74 Å². The first-order chi connectivity index (χ1) is 9.55. The van der Waals surface area contributed by atoms with Crippen molar-refractivity contribution in [3.8, 4) is 0 Å². The van der Waals surface area contributed by atoms with E-state index in [2.05, 4.69) is 5.32 Å². The maximum atomic E-state index is 13.8. The van der Waals surface area contributed by atoms with Crippen molar-refractivity contribution in [2.24, 2.45) is 0 Å². The summed E-state index contributed by atoms with van der Waals surface area (Å²) in [6, 6.07) is 6.88. The molecule has 0 radical (unpaired) electrons. The lowest BCUT2D eigenvalue weighted by Crippen LogP contribution is -2.55. The molecule has 1 aliphatic carbocycles. The van der Waals surface area contributed by atoms with E-state index < -0.39 is 5.54 Å². The molecule has 1 N–H and O–H groups in total. The number of nitrogens with one attached hydrogen (secondary N) is 1. The molecule has 0 heterocycles. The van der Waals surface area contributed by atoms with Crippen LogP contribution in [0.1, 0.15) is 38.2 Å². The number of carbonyl (C=O) groups is 1. The van der Waals surface area contributed by atoms with Crippen molar-refractivity contribution in [1.82, 2.24) is 5.32 Å². The Kier molecular flexibility index (Phi) is 4.76. The summed E-state index contributed by atoms with van der Waals surface area (Å²) >= 11 is 0. The largest absolute Gasteiger partial charge is 0.468 e. The average Bonchev–Trinajstić information content (AvgIpc) is 2.93. The van der Waals surface area contributed by atoms with Crippen LogP contribution in [0.2, 0.25) is 0 Å². The van der Waals surface area contributed by atoms with E-state index >= 15 is 0 Å². The van der Waals surface area contributed by atoms with Gasteiger partial charge in [0.15, 0.2) is 0 Å². The van der Waals surface area contributed by atoms with Crippen molar-refractivity contribution < 1.29 is 13.9 Å². The molecular formula is C16H22FNO2. The third-order valence-electron chi connectivity index (χ3n) is 4.02. The Labute approximate surface area is 119 Å². The normalized spacial score (nSPS) is 18.8. The maximum Gasteiger partial charge on any atom is 0.326 e. The Hall–Kier alpha value is -1.42. The van der Waals surface area contributed by atoms with E-state index in [0.717, 1.165) is 12.8 Å². The van der Waals surface area contributed by atoms with Gasteiger partial charge in [-0.1, -0.05) is 31.0 Å². The lowest BCUT2D eigenvalue weighted by Gasteiger charge is -2.31. The standard InChI is InChI=1S/C16H22FNO2/c1-16(15(19)20-2,18-13-8-4-5-9-13)11-12-7-3-6-10-14(12)17/h3,6-7,10,13,18H,4-5,8-9,11H2,1-2H3. The minimum absolute atomic E-state index is 0.282. The van der Waals surface area contributed by atoms with Crippen molar-refractivity contribution in [3.05, 3.63) is 35.6 Å². The minimum Gasteiger partial charge on any atom is -0.468 e. The second-order valence-corrected chi connectivity index (χ2v) is 5.72. The zero-order valence-electron chi connectivity index (χ0n) is 12.1. The van der Waals surface area contributed by atoms with Crippen LogP contribution in [0.4, 0.5) is 4.39 Å². The fourth-order valence-corrected chi connectivity index (χ4v) is 2.95. The number of esters is 1. The zero-order chi connectivity index (χ0) is 14.6. The zero-order valence-corrected chi connectivity index (χ0v) is 12.1. The van der Waals surface area contributed by atoms with Crippen molar-refractivity contribution in [2.45, 2.75) is 50.6 Å². The fraction of sp³-hybridized carbons (Fsp3) is 0.562. The molecule has 20 heavy (non-hydrogen) atoms. The van der Waals surface area contributed by atoms with E-state index in [4.69, 9.17) is 4.74 Å². The summed E-state index contributed by atoms with van der Waals surface area (Å²) in [5, 5.41) is 3.38. The number of benzene rings is 1. The molecule has 3 nitrogen and oxygen atoms in total. The predicted octanol–water partition coefficient (Wildman–Crippen LogP) is 2.83. The van der Waals surface area contributed by atoms with Gasteiger partial charge in [-0.05, 0) is 31.4 Å². The first kappa shape index (κ1) is 15.0. The number of methoxy groups -OCH3 is 1. The Balaban J connectivity index is 2.18. The molecule has 1 saturated carbocycles. The molecule has 0 aliphatic heterocycles. The molecule has 0 saturated heterocycles. The highest BCUT2D eigenvalue weighted by molar-refractivity contribution is 5.80. The van der Waals surface area contributed by atoms with E-state index in [1.165, 1.54) is 26.0 Å². The van der Waals surface area contributed by atoms with Crippen LogP contribution in [-0.4, -0.2) is 24.7 Å². The highest BCUT2D eigenvalue weighted by Gasteiger charge is 2.37. The predicted molar refractivity (Wildman–Crippen MR) is 75.9 cm³/mol. The monoisotopic (exact) mass is 279 g/mol. The van der Waals surface area contributed by atoms with Crippen LogP contribution in [0.25, 0.3) is 0 Å². The van der Waals surface area contributed by atoms with E-state index in [1.54, 1.807) is 25.1 Å². The van der Waals surface area contributed by atoms with Gasteiger partial charge in [0.05, 0.1) is 7.11 Å². The summed E-state index contributed by atoms with van der Waals surface area (Å²) in [6.07, 6.45) is 4.76. The van der Waals surface area contributed by atoms with Gasteiger partial charge in [-0.2, -0.15) is 0 Å². The molecule has 1 fully saturated rings. The van der Waals surface area contributed by atoms with Gasteiger partial charge in [-0.3, -0.25) is 10.1 Å². The van der Waals surface area contributed by atoms with Crippen LogP contribution >= 0.6 is 0 Å².